The topological polar surface area (TPSA) is 106 Å². The van der Waals surface area contributed by atoms with E-state index in [9.17, 15) is 20.1 Å². The summed E-state index contributed by atoms with van der Waals surface area (Å²) in [7, 11) is 0. The number of aromatic hydroxyl groups is 3. The number of hydrogen-bond donors (Lipinski definition) is 4. The fourth-order valence-corrected chi connectivity index (χ4v) is 6.14. The molecule has 180 valence electrons. The Balaban J connectivity index is 1.53. The lowest BCUT2D eigenvalue weighted by Crippen LogP contribution is -2.21. The molecule has 0 amide bonds. The van der Waals surface area contributed by atoms with Crippen molar-refractivity contribution in [2.45, 2.75) is 31.1 Å². The van der Waals surface area contributed by atoms with Crippen molar-refractivity contribution in [3.63, 3.8) is 0 Å². The summed E-state index contributed by atoms with van der Waals surface area (Å²) in [6.45, 7) is 0. The highest BCUT2D eigenvalue weighted by Crippen LogP contribution is 2.60. The number of Topliss-reactive ketones (excluding diaryl/α,β-unsaturated/α-hetero) is 1. The second-order valence-corrected chi connectivity index (χ2v) is 9.69. The summed E-state index contributed by atoms with van der Waals surface area (Å²) in [5.74, 6) is -0.757. The van der Waals surface area contributed by atoms with Crippen LogP contribution >= 0.6 is 0 Å². The number of nitrogens with zero attached hydrogens (tertiary/aromatic N) is 1. The number of phenolic OH excluding ortho intramolecular Hbond substituents is 1. The van der Waals surface area contributed by atoms with Gasteiger partial charge in [-0.2, -0.15) is 0 Å². The number of hydrogen-bond acceptors (Lipinski definition) is 5. The Kier molecular flexibility index (Phi) is 5.37. The van der Waals surface area contributed by atoms with Crippen molar-refractivity contribution in [1.29, 1.82) is 0 Å². The SMILES string of the molecule is O=C(c1ccc(O)cc1)C1CC2=C(Cc3cccnc3)Cc3c(O)[nH]c(O)c3C2C1c1ccccc1. The van der Waals surface area contributed by atoms with Gasteiger partial charge in [-0.3, -0.25) is 14.8 Å². The molecule has 3 atom stereocenters. The van der Waals surface area contributed by atoms with Gasteiger partial charge in [0.25, 0.3) is 0 Å². The van der Waals surface area contributed by atoms with E-state index in [-0.39, 0.29) is 41.0 Å². The molecule has 4 N–H and O–H groups in total. The molecule has 2 aliphatic carbocycles. The Labute approximate surface area is 208 Å². The van der Waals surface area contributed by atoms with Crippen molar-refractivity contribution in [2.75, 3.05) is 0 Å². The number of H-pyrrole nitrogens is 1. The number of pyridine rings is 1. The van der Waals surface area contributed by atoms with E-state index in [1.807, 2.05) is 48.7 Å². The number of nitrogens with one attached hydrogen (secondary N) is 1. The van der Waals surface area contributed by atoms with Crippen LogP contribution in [0, 0.1) is 5.92 Å². The minimum Gasteiger partial charge on any atom is -0.508 e. The van der Waals surface area contributed by atoms with Gasteiger partial charge < -0.3 is 15.3 Å². The second kappa shape index (κ2) is 8.72. The van der Waals surface area contributed by atoms with E-state index >= 15 is 0 Å². The Morgan fingerprint density at radius 3 is 2.44 bits per heavy atom. The van der Waals surface area contributed by atoms with Crippen LogP contribution in [0.1, 0.15) is 50.9 Å². The second-order valence-electron chi connectivity index (χ2n) is 9.69. The maximum atomic E-state index is 13.9. The minimum atomic E-state index is -0.358. The first-order chi connectivity index (χ1) is 17.5. The van der Waals surface area contributed by atoms with Crippen LogP contribution in [0.25, 0.3) is 0 Å². The number of fused-ring (bicyclic) bond motifs is 3. The van der Waals surface area contributed by atoms with Gasteiger partial charge in [0.15, 0.2) is 17.5 Å². The number of allylic oxidation sites excluding steroid dienone is 2. The monoisotopic (exact) mass is 478 g/mol. The highest BCUT2D eigenvalue weighted by atomic mass is 16.3. The maximum absolute atomic E-state index is 13.9. The molecular weight excluding hydrogens is 452 g/mol. The predicted molar refractivity (Wildman–Crippen MR) is 135 cm³/mol. The van der Waals surface area contributed by atoms with Gasteiger partial charge >= 0.3 is 0 Å². The molecule has 2 aromatic heterocycles. The van der Waals surface area contributed by atoms with E-state index < -0.39 is 0 Å². The summed E-state index contributed by atoms with van der Waals surface area (Å²) >= 11 is 0. The zero-order valence-electron chi connectivity index (χ0n) is 19.6. The van der Waals surface area contributed by atoms with Gasteiger partial charge in [-0.15, -0.1) is 0 Å². The number of carbonyl (C=O) groups is 1. The number of carbonyl (C=O) groups excluding carboxylic acids is 1. The quantitative estimate of drug-likeness (QED) is 0.227. The third kappa shape index (κ3) is 3.66. The summed E-state index contributed by atoms with van der Waals surface area (Å²) in [5.41, 5.74) is 6.30. The molecule has 0 spiro atoms. The van der Waals surface area contributed by atoms with E-state index in [1.54, 1.807) is 18.3 Å². The Morgan fingerprint density at radius 2 is 1.72 bits per heavy atom. The standard InChI is InChI=1S/C30H26N2O4/c33-21-10-8-19(9-11-21)28(34)23-15-22-20(13-17-5-4-12-31-16-17)14-24-27(30(36)32-29(24)35)26(22)25(23)18-6-2-1-3-7-18/h1-12,16,23,25-26,32-33,35-36H,13-15H2. The van der Waals surface area contributed by atoms with Crippen molar-refractivity contribution in [3.05, 3.63) is 118 Å². The summed E-state index contributed by atoms with van der Waals surface area (Å²) in [4.78, 5) is 20.9. The summed E-state index contributed by atoms with van der Waals surface area (Å²) in [5, 5.41) is 31.3. The van der Waals surface area contributed by atoms with Gasteiger partial charge in [0.05, 0.1) is 0 Å². The Morgan fingerprint density at radius 1 is 0.944 bits per heavy atom. The number of aromatic nitrogens is 2. The molecule has 36 heavy (non-hydrogen) atoms. The highest BCUT2D eigenvalue weighted by Gasteiger charge is 2.49. The van der Waals surface area contributed by atoms with Crippen LogP contribution in [0.4, 0.5) is 0 Å². The predicted octanol–water partition coefficient (Wildman–Crippen LogP) is 5.39. The summed E-state index contributed by atoms with van der Waals surface area (Å²) in [6, 6.07) is 20.3. The van der Waals surface area contributed by atoms with Gasteiger partial charge in [0.2, 0.25) is 0 Å². The Hall–Kier alpha value is -4.32. The molecule has 0 aliphatic heterocycles. The first-order valence-corrected chi connectivity index (χ1v) is 12.1. The fourth-order valence-electron chi connectivity index (χ4n) is 6.14. The molecule has 2 aromatic carbocycles. The van der Waals surface area contributed by atoms with Crippen molar-refractivity contribution in [2.24, 2.45) is 5.92 Å². The lowest BCUT2D eigenvalue weighted by Gasteiger charge is -2.30. The number of ketones is 1. The van der Waals surface area contributed by atoms with Crippen molar-refractivity contribution in [3.8, 4) is 17.5 Å². The normalized spacial score (nSPS) is 20.7. The van der Waals surface area contributed by atoms with Crippen LogP contribution in [0.3, 0.4) is 0 Å². The van der Waals surface area contributed by atoms with Gasteiger partial charge in [-0.05, 0) is 60.7 Å². The lowest BCUT2D eigenvalue weighted by molar-refractivity contribution is 0.0910. The van der Waals surface area contributed by atoms with Crippen molar-refractivity contribution >= 4 is 5.78 Å². The number of rotatable bonds is 5. The minimum absolute atomic E-state index is 0.00674. The van der Waals surface area contributed by atoms with E-state index in [0.29, 0.717) is 36.0 Å². The van der Waals surface area contributed by atoms with Gasteiger partial charge in [-0.1, -0.05) is 47.5 Å². The molecule has 1 saturated carbocycles. The molecule has 0 radical (unpaired) electrons. The number of benzene rings is 2. The Bertz CT molecular complexity index is 1460. The van der Waals surface area contributed by atoms with Crippen molar-refractivity contribution < 1.29 is 20.1 Å². The fraction of sp³-hybridized carbons (Fsp3) is 0.200. The van der Waals surface area contributed by atoms with Gasteiger partial charge in [0.1, 0.15) is 5.75 Å². The van der Waals surface area contributed by atoms with E-state index in [1.165, 1.54) is 12.1 Å². The first kappa shape index (κ1) is 22.2. The highest BCUT2D eigenvalue weighted by molar-refractivity contribution is 5.99. The van der Waals surface area contributed by atoms with E-state index in [0.717, 1.165) is 22.3 Å². The molecule has 6 nitrogen and oxygen atoms in total. The summed E-state index contributed by atoms with van der Waals surface area (Å²) < 4.78 is 0. The average Bonchev–Trinajstić information content (AvgIpc) is 3.42. The van der Waals surface area contributed by atoms with Crippen LogP contribution in [-0.2, 0) is 12.8 Å². The molecule has 4 aromatic rings. The number of aromatic amines is 1. The summed E-state index contributed by atoms with van der Waals surface area (Å²) in [6.07, 6.45) is 5.30. The molecule has 3 unspecified atom stereocenters. The lowest BCUT2D eigenvalue weighted by atomic mass is 9.73. The maximum Gasteiger partial charge on any atom is 0.195 e. The molecule has 1 fully saturated rings. The molecule has 2 aliphatic rings. The van der Waals surface area contributed by atoms with E-state index in [2.05, 4.69) is 9.97 Å². The molecule has 6 rings (SSSR count). The molecular formula is C30H26N2O4. The van der Waals surface area contributed by atoms with Gasteiger partial charge in [0, 0.05) is 46.8 Å². The average molecular weight is 479 g/mol. The number of phenols is 1. The van der Waals surface area contributed by atoms with E-state index in [4.69, 9.17) is 0 Å². The molecule has 0 saturated heterocycles. The third-order valence-corrected chi connectivity index (χ3v) is 7.68. The zero-order chi connectivity index (χ0) is 24.8. The van der Waals surface area contributed by atoms with Crippen molar-refractivity contribution in [1.82, 2.24) is 9.97 Å². The van der Waals surface area contributed by atoms with Gasteiger partial charge in [-0.25, -0.2) is 0 Å². The largest absolute Gasteiger partial charge is 0.508 e. The smallest absolute Gasteiger partial charge is 0.195 e. The zero-order valence-corrected chi connectivity index (χ0v) is 19.6. The van der Waals surface area contributed by atoms with Crippen LogP contribution in [0.5, 0.6) is 17.5 Å². The first-order valence-electron chi connectivity index (χ1n) is 12.1. The van der Waals surface area contributed by atoms with Crippen LogP contribution < -0.4 is 0 Å². The molecule has 2 heterocycles. The van der Waals surface area contributed by atoms with Crippen LogP contribution in [-0.4, -0.2) is 31.1 Å². The third-order valence-electron chi connectivity index (χ3n) is 7.68. The molecule has 6 heteroatoms. The van der Waals surface area contributed by atoms with Crippen LogP contribution in [0.15, 0.2) is 90.3 Å². The molecule has 0 bridgehead atoms. The van der Waals surface area contributed by atoms with Crippen LogP contribution in [0.2, 0.25) is 0 Å².